The molecule has 1 aliphatic rings. The van der Waals surface area contributed by atoms with E-state index < -0.39 is 0 Å². The SMILES string of the molecule is COc1ccccc1N1CCN(Cc2ccc(C(=O)NCCSc3ccc(C)cc3)cc2)CC1. The summed E-state index contributed by atoms with van der Waals surface area (Å²) in [7, 11) is 1.73. The molecule has 1 heterocycles. The summed E-state index contributed by atoms with van der Waals surface area (Å²) < 4.78 is 5.52. The number of benzene rings is 3. The minimum absolute atomic E-state index is 0.0125. The van der Waals surface area contributed by atoms with Crippen LogP contribution in [0.25, 0.3) is 0 Å². The molecule has 1 amide bonds. The first kappa shape index (κ1) is 24.2. The fourth-order valence-corrected chi connectivity index (χ4v) is 4.90. The van der Waals surface area contributed by atoms with Crippen LogP contribution in [-0.4, -0.2) is 56.4 Å². The number of thioether (sulfide) groups is 1. The lowest BCUT2D eigenvalue weighted by molar-refractivity contribution is 0.0956. The predicted octanol–water partition coefficient (Wildman–Crippen LogP) is 4.85. The van der Waals surface area contributed by atoms with Crippen LogP contribution in [0.4, 0.5) is 5.69 Å². The molecule has 3 aromatic rings. The molecule has 34 heavy (non-hydrogen) atoms. The zero-order valence-corrected chi connectivity index (χ0v) is 20.8. The number of carbonyl (C=O) groups excluding carboxylic acids is 1. The lowest BCUT2D eigenvalue weighted by atomic mass is 10.1. The summed E-state index contributed by atoms with van der Waals surface area (Å²) in [5, 5.41) is 3.03. The van der Waals surface area contributed by atoms with E-state index in [9.17, 15) is 4.79 Å². The van der Waals surface area contributed by atoms with E-state index in [0.717, 1.165) is 49.9 Å². The highest BCUT2D eigenvalue weighted by molar-refractivity contribution is 7.99. The molecular formula is C28H33N3O2S. The van der Waals surface area contributed by atoms with Crippen LogP contribution in [-0.2, 0) is 6.54 Å². The molecule has 1 fully saturated rings. The van der Waals surface area contributed by atoms with E-state index >= 15 is 0 Å². The molecule has 0 saturated carbocycles. The Bertz CT molecular complexity index is 1060. The number of aryl methyl sites for hydroxylation is 1. The second-order valence-corrected chi connectivity index (χ2v) is 9.72. The van der Waals surface area contributed by atoms with E-state index in [1.165, 1.54) is 16.0 Å². The summed E-state index contributed by atoms with van der Waals surface area (Å²) in [5.74, 6) is 1.77. The number of nitrogens with zero attached hydrogens (tertiary/aromatic N) is 2. The third-order valence-electron chi connectivity index (χ3n) is 6.10. The van der Waals surface area contributed by atoms with Crippen LogP contribution in [0.3, 0.4) is 0 Å². The number of rotatable bonds is 9. The van der Waals surface area contributed by atoms with Crippen molar-refractivity contribution in [3.63, 3.8) is 0 Å². The largest absolute Gasteiger partial charge is 0.495 e. The Morgan fingerprint density at radius 2 is 1.65 bits per heavy atom. The van der Waals surface area contributed by atoms with Crippen molar-refractivity contribution >= 4 is 23.4 Å². The summed E-state index contributed by atoms with van der Waals surface area (Å²) in [6.07, 6.45) is 0. The number of para-hydroxylation sites is 2. The van der Waals surface area contributed by atoms with Crippen molar-refractivity contribution in [2.24, 2.45) is 0 Å². The maximum Gasteiger partial charge on any atom is 0.251 e. The minimum atomic E-state index is -0.0125. The summed E-state index contributed by atoms with van der Waals surface area (Å²) >= 11 is 1.76. The van der Waals surface area contributed by atoms with Gasteiger partial charge in [0.15, 0.2) is 0 Å². The number of anilines is 1. The first-order chi connectivity index (χ1) is 16.6. The lowest BCUT2D eigenvalue weighted by Gasteiger charge is -2.36. The van der Waals surface area contributed by atoms with Crippen LogP contribution >= 0.6 is 11.8 Å². The second-order valence-electron chi connectivity index (χ2n) is 8.55. The Hall–Kier alpha value is -2.96. The topological polar surface area (TPSA) is 44.8 Å². The van der Waals surface area contributed by atoms with Gasteiger partial charge in [-0.15, -0.1) is 11.8 Å². The molecule has 178 valence electrons. The number of hydrogen-bond acceptors (Lipinski definition) is 5. The monoisotopic (exact) mass is 475 g/mol. The number of carbonyl (C=O) groups is 1. The van der Waals surface area contributed by atoms with Crippen LogP contribution < -0.4 is 15.0 Å². The Morgan fingerprint density at radius 1 is 0.941 bits per heavy atom. The molecule has 6 heteroatoms. The van der Waals surface area contributed by atoms with Gasteiger partial charge in [0.1, 0.15) is 5.75 Å². The smallest absolute Gasteiger partial charge is 0.251 e. The zero-order valence-electron chi connectivity index (χ0n) is 20.0. The van der Waals surface area contributed by atoms with Crippen molar-refractivity contribution < 1.29 is 9.53 Å². The van der Waals surface area contributed by atoms with Crippen molar-refractivity contribution in [2.45, 2.75) is 18.4 Å². The molecule has 3 aromatic carbocycles. The molecule has 0 unspecified atom stereocenters. The van der Waals surface area contributed by atoms with E-state index in [4.69, 9.17) is 4.74 Å². The van der Waals surface area contributed by atoms with Gasteiger partial charge in [0.25, 0.3) is 5.91 Å². The van der Waals surface area contributed by atoms with Crippen LogP contribution in [0.15, 0.2) is 77.7 Å². The molecule has 0 spiro atoms. The molecule has 1 N–H and O–H groups in total. The highest BCUT2D eigenvalue weighted by atomic mass is 32.2. The van der Waals surface area contributed by atoms with Gasteiger partial charge in [-0.2, -0.15) is 0 Å². The first-order valence-electron chi connectivity index (χ1n) is 11.8. The van der Waals surface area contributed by atoms with Gasteiger partial charge >= 0.3 is 0 Å². The molecule has 0 aliphatic carbocycles. The summed E-state index contributed by atoms with van der Waals surface area (Å²) in [5.41, 5.74) is 4.37. The Morgan fingerprint density at radius 3 is 2.35 bits per heavy atom. The fourth-order valence-electron chi connectivity index (χ4n) is 4.13. The summed E-state index contributed by atoms with van der Waals surface area (Å²) in [4.78, 5) is 18.6. The highest BCUT2D eigenvalue weighted by Crippen LogP contribution is 2.28. The summed E-state index contributed by atoms with van der Waals surface area (Å²) in [6.45, 7) is 7.58. The lowest BCUT2D eigenvalue weighted by Crippen LogP contribution is -2.46. The molecule has 1 saturated heterocycles. The molecule has 5 nitrogen and oxygen atoms in total. The molecule has 0 bridgehead atoms. The van der Waals surface area contributed by atoms with Crippen molar-refractivity contribution in [3.05, 3.63) is 89.5 Å². The Balaban J connectivity index is 1.20. The number of ether oxygens (including phenoxy) is 1. The van der Waals surface area contributed by atoms with Gasteiger partial charge in [-0.05, 0) is 48.9 Å². The quantitative estimate of drug-likeness (QED) is 0.354. The maximum absolute atomic E-state index is 12.5. The Kier molecular flexibility index (Phi) is 8.50. The van der Waals surface area contributed by atoms with Gasteiger partial charge in [-0.3, -0.25) is 9.69 Å². The van der Waals surface area contributed by atoms with Crippen LogP contribution in [0.5, 0.6) is 5.75 Å². The van der Waals surface area contributed by atoms with Crippen molar-refractivity contribution in [2.75, 3.05) is 50.5 Å². The van der Waals surface area contributed by atoms with Gasteiger partial charge in [-0.25, -0.2) is 0 Å². The minimum Gasteiger partial charge on any atom is -0.495 e. The van der Waals surface area contributed by atoms with Gasteiger partial charge in [-0.1, -0.05) is 42.0 Å². The maximum atomic E-state index is 12.5. The number of nitrogens with one attached hydrogen (secondary N) is 1. The van der Waals surface area contributed by atoms with E-state index in [-0.39, 0.29) is 5.91 Å². The summed E-state index contributed by atoms with van der Waals surface area (Å²) in [6, 6.07) is 24.7. The second kappa shape index (κ2) is 12.0. The molecular weight excluding hydrogens is 442 g/mol. The van der Waals surface area contributed by atoms with Crippen molar-refractivity contribution in [1.82, 2.24) is 10.2 Å². The van der Waals surface area contributed by atoms with Crippen LogP contribution in [0.1, 0.15) is 21.5 Å². The Labute approximate surface area is 207 Å². The number of methoxy groups -OCH3 is 1. The fraction of sp³-hybridized carbons (Fsp3) is 0.321. The number of amides is 1. The molecule has 0 atom stereocenters. The van der Waals surface area contributed by atoms with E-state index in [1.807, 2.05) is 24.3 Å². The van der Waals surface area contributed by atoms with Gasteiger partial charge < -0.3 is 15.0 Å². The van der Waals surface area contributed by atoms with Crippen molar-refractivity contribution in [1.29, 1.82) is 0 Å². The third kappa shape index (κ3) is 6.55. The zero-order chi connectivity index (χ0) is 23.8. The molecule has 0 radical (unpaired) electrons. The van der Waals surface area contributed by atoms with Crippen LogP contribution in [0.2, 0.25) is 0 Å². The van der Waals surface area contributed by atoms with E-state index in [2.05, 4.69) is 70.6 Å². The molecule has 0 aromatic heterocycles. The van der Waals surface area contributed by atoms with Gasteiger partial charge in [0.05, 0.1) is 12.8 Å². The highest BCUT2D eigenvalue weighted by Gasteiger charge is 2.19. The van der Waals surface area contributed by atoms with Gasteiger partial charge in [0.2, 0.25) is 0 Å². The predicted molar refractivity (Wildman–Crippen MR) is 141 cm³/mol. The van der Waals surface area contributed by atoms with E-state index in [1.54, 1.807) is 18.9 Å². The van der Waals surface area contributed by atoms with Crippen molar-refractivity contribution in [3.8, 4) is 5.75 Å². The number of piperazine rings is 1. The van der Waals surface area contributed by atoms with E-state index in [0.29, 0.717) is 12.1 Å². The third-order valence-corrected chi connectivity index (χ3v) is 7.11. The van der Waals surface area contributed by atoms with Gasteiger partial charge in [0, 0.05) is 55.5 Å². The molecule has 4 rings (SSSR count). The standard InChI is InChI=1S/C28H33N3O2S/c1-22-7-13-25(14-8-22)34-20-15-29-28(32)24-11-9-23(10-12-24)21-30-16-18-31(19-17-30)26-5-3-4-6-27(26)33-2/h3-14H,15-21H2,1-2H3,(H,29,32). The first-order valence-corrected chi connectivity index (χ1v) is 12.8. The van der Waals surface area contributed by atoms with Crippen LogP contribution in [0, 0.1) is 6.92 Å². The average Bonchev–Trinajstić information content (AvgIpc) is 2.88. The number of hydrogen-bond donors (Lipinski definition) is 1. The normalized spacial score (nSPS) is 14.1. The molecule has 1 aliphatic heterocycles. The average molecular weight is 476 g/mol.